The Kier molecular flexibility index (Phi) is 12.3. The van der Waals surface area contributed by atoms with E-state index < -0.39 is 0 Å². The molecule has 0 aromatic heterocycles. The van der Waals surface area contributed by atoms with E-state index in [1.807, 2.05) is 0 Å². The highest BCUT2D eigenvalue weighted by atomic mass is 16.5. The number of hydrogen-bond acceptors (Lipinski definition) is 2. The molecule has 0 heterocycles. The second-order valence-electron chi connectivity index (χ2n) is 10.5. The molecule has 0 amide bonds. The molecular weight excluding hydrogens is 308 g/mol. The lowest BCUT2D eigenvalue weighted by atomic mass is 9.88. The molecule has 0 spiro atoms. The van der Waals surface area contributed by atoms with E-state index >= 15 is 0 Å². The maximum atomic E-state index is 6.11. The van der Waals surface area contributed by atoms with E-state index in [4.69, 9.17) is 9.47 Å². The third-order valence-electron chi connectivity index (χ3n) is 5.08. The summed E-state index contributed by atoms with van der Waals surface area (Å²) in [4.78, 5) is 0. The smallest absolute Gasteiger partial charge is 0.0539 e. The second-order valence-corrected chi connectivity index (χ2v) is 10.5. The molecule has 2 nitrogen and oxygen atoms in total. The summed E-state index contributed by atoms with van der Waals surface area (Å²) in [6, 6.07) is 0. The van der Waals surface area contributed by atoms with Crippen LogP contribution in [0.5, 0.6) is 0 Å². The molecule has 152 valence electrons. The Morgan fingerprint density at radius 2 is 0.920 bits per heavy atom. The molecule has 0 saturated carbocycles. The molecule has 2 atom stereocenters. The largest absolute Gasteiger partial charge is 0.381 e. The van der Waals surface area contributed by atoms with Gasteiger partial charge in [-0.25, -0.2) is 0 Å². The Bertz CT molecular complexity index is 288. The van der Waals surface area contributed by atoms with Crippen molar-refractivity contribution in [1.82, 2.24) is 0 Å². The summed E-state index contributed by atoms with van der Waals surface area (Å²) in [6.07, 6.45) is 2.50. The minimum absolute atomic E-state index is 0.0821. The van der Waals surface area contributed by atoms with Crippen molar-refractivity contribution in [3.05, 3.63) is 0 Å². The molecule has 0 radical (unpaired) electrons. The molecule has 0 aliphatic carbocycles. The molecule has 0 N–H and O–H groups in total. The third-order valence-corrected chi connectivity index (χ3v) is 5.08. The molecule has 0 aromatic rings. The summed E-state index contributed by atoms with van der Waals surface area (Å²) in [5, 5.41) is 0. The van der Waals surface area contributed by atoms with Gasteiger partial charge in [0.1, 0.15) is 0 Å². The molecule has 0 aliphatic rings. The highest BCUT2D eigenvalue weighted by Gasteiger charge is 2.23. The molecule has 0 bridgehead atoms. The fraction of sp³-hybridized carbons (Fsp3) is 1.00. The van der Waals surface area contributed by atoms with E-state index in [0.29, 0.717) is 23.7 Å². The lowest BCUT2D eigenvalue weighted by Crippen LogP contribution is -2.30. The molecular formula is C23H48O2. The molecule has 2 unspecified atom stereocenters. The van der Waals surface area contributed by atoms with Crippen LogP contribution in [0.4, 0.5) is 0 Å². The highest BCUT2D eigenvalue weighted by Crippen LogP contribution is 2.24. The molecule has 25 heavy (non-hydrogen) atoms. The van der Waals surface area contributed by atoms with Gasteiger partial charge in [-0.2, -0.15) is 0 Å². The van der Waals surface area contributed by atoms with Gasteiger partial charge in [-0.1, -0.05) is 69.2 Å². The number of rotatable bonds is 14. The summed E-state index contributed by atoms with van der Waals surface area (Å²) < 4.78 is 12.2. The van der Waals surface area contributed by atoms with E-state index in [9.17, 15) is 0 Å². The van der Waals surface area contributed by atoms with Crippen molar-refractivity contribution in [2.24, 2.45) is 40.9 Å². The average Bonchev–Trinajstić information content (AvgIpc) is 2.43. The Morgan fingerprint density at radius 1 is 0.600 bits per heavy atom. The van der Waals surface area contributed by atoms with E-state index in [0.717, 1.165) is 38.3 Å². The van der Waals surface area contributed by atoms with Crippen LogP contribution >= 0.6 is 0 Å². The molecule has 0 fully saturated rings. The van der Waals surface area contributed by atoms with Crippen LogP contribution in [-0.4, -0.2) is 26.4 Å². The SMILES string of the molecule is CC(C)CC(COCC(C)(C)COCC(CC(C)C)C(C)C)C(C)C. The van der Waals surface area contributed by atoms with Crippen LogP contribution in [0, 0.1) is 40.9 Å². The van der Waals surface area contributed by atoms with E-state index in [1.54, 1.807) is 0 Å². The summed E-state index contributed by atoms with van der Waals surface area (Å²) >= 11 is 0. The fourth-order valence-corrected chi connectivity index (χ4v) is 3.29. The maximum Gasteiger partial charge on any atom is 0.0539 e. The quantitative estimate of drug-likeness (QED) is 0.345. The summed E-state index contributed by atoms with van der Waals surface area (Å²) in [6.45, 7) is 26.3. The minimum atomic E-state index is 0.0821. The molecule has 0 saturated heterocycles. The van der Waals surface area contributed by atoms with Gasteiger partial charge in [0, 0.05) is 18.6 Å². The van der Waals surface area contributed by atoms with Crippen molar-refractivity contribution in [1.29, 1.82) is 0 Å². The lowest BCUT2D eigenvalue weighted by Gasteiger charge is -2.29. The van der Waals surface area contributed by atoms with Crippen molar-refractivity contribution >= 4 is 0 Å². The Morgan fingerprint density at radius 3 is 1.16 bits per heavy atom. The van der Waals surface area contributed by atoms with Crippen LogP contribution in [-0.2, 0) is 9.47 Å². The van der Waals surface area contributed by atoms with Crippen LogP contribution in [0.2, 0.25) is 0 Å². The van der Waals surface area contributed by atoms with Crippen LogP contribution < -0.4 is 0 Å². The Labute approximate surface area is 159 Å². The van der Waals surface area contributed by atoms with E-state index in [1.165, 1.54) is 12.8 Å². The molecule has 0 aliphatic heterocycles. The van der Waals surface area contributed by atoms with Crippen molar-refractivity contribution < 1.29 is 9.47 Å². The highest BCUT2D eigenvalue weighted by molar-refractivity contribution is 4.71. The Hall–Kier alpha value is -0.0800. The first kappa shape index (κ1) is 24.9. The fourth-order valence-electron chi connectivity index (χ4n) is 3.29. The van der Waals surface area contributed by atoms with Crippen molar-refractivity contribution in [2.75, 3.05) is 26.4 Å². The van der Waals surface area contributed by atoms with Crippen LogP contribution in [0.3, 0.4) is 0 Å². The van der Waals surface area contributed by atoms with Gasteiger partial charge >= 0.3 is 0 Å². The average molecular weight is 357 g/mol. The second kappa shape index (κ2) is 12.3. The predicted molar refractivity (Wildman–Crippen MR) is 111 cm³/mol. The number of hydrogen-bond donors (Lipinski definition) is 0. The lowest BCUT2D eigenvalue weighted by molar-refractivity contribution is -0.0311. The van der Waals surface area contributed by atoms with Gasteiger partial charge < -0.3 is 9.47 Å². The van der Waals surface area contributed by atoms with Crippen molar-refractivity contribution in [2.45, 2.75) is 82.1 Å². The third kappa shape index (κ3) is 12.8. The zero-order chi connectivity index (χ0) is 19.6. The molecule has 0 rings (SSSR count). The van der Waals surface area contributed by atoms with Gasteiger partial charge in [0.15, 0.2) is 0 Å². The first-order valence-electron chi connectivity index (χ1n) is 10.6. The van der Waals surface area contributed by atoms with Crippen molar-refractivity contribution in [3.8, 4) is 0 Å². The van der Waals surface area contributed by atoms with Gasteiger partial charge in [0.05, 0.1) is 13.2 Å². The minimum Gasteiger partial charge on any atom is -0.381 e. The molecule has 2 heteroatoms. The standard InChI is InChI=1S/C23H48O2/c1-17(2)11-21(19(5)6)13-24-15-23(9,10)16-25-14-22(20(7)8)12-18(3)4/h17-22H,11-16H2,1-10H3. The van der Waals surface area contributed by atoms with E-state index in [-0.39, 0.29) is 5.41 Å². The summed E-state index contributed by atoms with van der Waals surface area (Å²) in [5.41, 5.74) is 0.0821. The van der Waals surface area contributed by atoms with Gasteiger partial charge in [-0.3, -0.25) is 0 Å². The monoisotopic (exact) mass is 356 g/mol. The maximum absolute atomic E-state index is 6.11. The van der Waals surface area contributed by atoms with Gasteiger partial charge in [-0.15, -0.1) is 0 Å². The number of ether oxygens (including phenoxy) is 2. The topological polar surface area (TPSA) is 18.5 Å². The zero-order valence-corrected chi connectivity index (χ0v) is 19.0. The van der Waals surface area contributed by atoms with Crippen molar-refractivity contribution in [3.63, 3.8) is 0 Å². The van der Waals surface area contributed by atoms with Crippen LogP contribution in [0.1, 0.15) is 82.1 Å². The van der Waals surface area contributed by atoms with E-state index in [2.05, 4.69) is 69.2 Å². The predicted octanol–water partition coefficient (Wildman–Crippen LogP) is 6.68. The summed E-state index contributed by atoms with van der Waals surface area (Å²) in [7, 11) is 0. The van der Waals surface area contributed by atoms with Gasteiger partial charge in [0.2, 0.25) is 0 Å². The Balaban J connectivity index is 4.22. The van der Waals surface area contributed by atoms with Gasteiger partial charge in [-0.05, 0) is 48.3 Å². The van der Waals surface area contributed by atoms with Crippen LogP contribution in [0.25, 0.3) is 0 Å². The molecule has 0 aromatic carbocycles. The van der Waals surface area contributed by atoms with Gasteiger partial charge in [0.25, 0.3) is 0 Å². The normalized spacial score (nSPS) is 15.6. The summed E-state index contributed by atoms with van der Waals surface area (Å²) in [5.74, 6) is 4.16. The first-order valence-corrected chi connectivity index (χ1v) is 10.6. The first-order chi connectivity index (χ1) is 11.4. The van der Waals surface area contributed by atoms with Crippen LogP contribution in [0.15, 0.2) is 0 Å². The zero-order valence-electron chi connectivity index (χ0n) is 19.0.